The maximum absolute atomic E-state index is 12.4. The number of carbonyl (C=O) groups excluding carboxylic acids is 2. The fourth-order valence-electron chi connectivity index (χ4n) is 5.11. The Kier molecular flexibility index (Phi) is 6.82. The molecule has 0 radical (unpaired) electrons. The third kappa shape index (κ3) is 4.66. The molecule has 3 aliphatic carbocycles. The number of rotatable bonds is 4. The molecule has 0 spiro atoms. The van der Waals surface area contributed by atoms with Gasteiger partial charge < -0.3 is 16.4 Å². The molecule has 2 fully saturated rings. The second-order valence-corrected chi connectivity index (χ2v) is 9.36. The van der Waals surface area contributed by atoms with Crippen molar-refractivity contribution in [2.75, 3.05) is 6.54 Å². The Morgan fingerprint density at radius 1 is 1.11 bits per heavy atom. The monoisotopic (exact) mass is 411 g/mol. The van der Waals surface area contributed by atoms with Crippen LogP contribution in [0, 0.1) is 11.8 Å². The second-order valence-electron chi connectivity index (χ2n) is 8.22. The highest BCUT2D eigenvalue weighted by Crippen LogP contribution is 2.39. The fraction of sp³-hybridized carbons (Fsp3) is 0.700. The van der Waals surface area contributed by atoms with Crippen LogP contribution in [0.2, 0.25) is 0 Å². The van der Waals surface area contributed by atoms with Crippen LogP contribution in [0.25, 0.3) is 0 Å². The van der Waals surface area contributed by atoms with Crippen LogP contribution in [-0.4, -0.2) is 30.4 Å². The SMILES string of the molecule is Cl.NC1CC2CCCC(C1)C2NC(=O)CNC(=O)c1cc2c(s1)CCCC2. The zero-order valence-corrected chi connectivity index (χ0v) is 17.3. The van der Waals surface area contributed by atoms with Gasteiger partial charge >= 0.3 is 0 Å². The minimum absolute atomic E-state index is 0. The highest BCUT2D eigenvalue weighted by Gasteiger charge is 2.39. The van der Waals surface area contributed by atoms with E-state index < -0.39 is 0 Å². The number of aryl methyl sites for hydroxylation is 2. The van der Waals surface area contributed by atoms with E-state index in [0.717, 1.165) is 43.4 Å². The molecule has 0 aromatic carbocycles. The highest BCUT2D eigenvalue weighted by molar-refractivity contribution is 7.14. The smallest absolute Gasteiger partial charge is 0.261 e. The Labute approximate surface area is 171 Å². The van der Waals surface area contributed by atoms with Gasteiger partial charge in [-0.05, 0) is 74.8 Å². The molecule has 27 heavy (non-hydrogen) atoms. The number of nitrogens with one attached hydrogen (secondary N) is 2. The molecule has 2 atom stereocenters. The van der Waals surface area contributed by atoms with Gasteiger partial charge in [0.1, 0.15) is 0 Å². The van der Waals surface area contributed by atoms with Gasteiger partial charge in [-0.3, -0.25) is 9.59 Å². The molecule has 150 valence electrons. The first-order chi connectivity index (χ1) is 12.6. The Bertz CT molecular complexity index is 655. The van der Waals surface area contributed by atoms with Crippen LogP contribution in [0.15, 0.2) is 6.07 Å². The van der Waals surface area contributed by atoms with E-state index in [0.29, 0.717) is 11.8 Å². The Balaban J connectivity index is 0.00000210. The Morgan fingerprint density at radius 2 is 1.81 bits per heavy atom. The molecule has 3 aliphatic rings. The van der Waals surface area contributed by atoms with E-state index in [1.54, 1.807) is 11.3 Å². The largest absolute Gasteiger partial charge is 0.351 e. The van der Waals surface area contributed by atoms with Gasteiger partial charge in [0.15, 0.2) is 0 Å². The predicted octanol–water partition coefficient (Wildman–Crippen LogP) is 2.80. The molecule has 1 aromatic heterocycles. The number of nitrogens with two attached hydrogens (primary N) is 1. The van der Waals surface area contributed by atoms with Crippen molar-refractivity contribution in [1.29, 1.82) is 0 Å². The first-order valence-corrected chi connectivity index (χ1v) is 10.9. The number of thiophene rings is 1. The van der Waals surface area contributed by atoms with E-state index in [9.17, 15) is 9.59 Å². The lowest BCUT2D eigenvalue weighted by atomic mass is 9.67. The molecule has 2 amide bonds. The number of fused-ring (bicyclic) bond motifs is 3. The lowest BCUT2D eigenvalue weighted by Gasteiger charge is -2.45. The van der Waals surface area contributed by atoms with Gasteiger partial charge in [0, 0.05) is 17.0 Å². The molecule has 2 unspecified atom stereocenters. The summed E-state index contributed by atoms with van der Waals surface area (Å²) in [6.45, 7) is 0.0589. The van der Waals surface area contributed by atoms with Crippen LogP contribution < -0.4 is 16.4 Å². The summed E-state index contributed by atoms with van der Waals surface area (Å²) in [5.41, 5.74) is 7.48. The van der Waals surface area contributed by atoms with Crippen LogP contribution in [0.1, 0.15) is 65.1 Å². The van der Waals surface area contributed by atoms with Crippen molar-refractivity contribution >= 4 is 35.6 Å². The van der Waals surface area contributed by atoms with Crippen molar-refractivity contribution in [1.82, 2.24) is 10.6 Å². The Morgan fingerprint density at radius 3 is 2.52 bits per heavy atom. The zero-order valence-electron chi connectivity index (χ0n) is 15.7. The molecule has 5 nitrogen and oxygen atoms in total. The summed E-state index contributed by atoms with van der Waals surface area (Å²) in [5.74, 6) is 0.810. The van der Waals surface area contributed by atoms with E-state index in [1.165, 1.54) is 29.7 Å². The average Bonchev–Trinajstić information content (AvgIpc) is 3.05. The molecular formula is C20H30ClN3O2S. The molecule has 0 aliphatic heterocycles. The van der Waals surface area contributed by atoms with E-state index >= 15 is 0 Å². The summed E-state index contributed by atoms with van der Waals surface area (Å²) in [7, 11) is 0. The van der Waals surface area contributed by atoms with Crippen molar-refractivity contribution in [3.8, 4) is 0 Å². The van der Waals surface area contributed by atoms with Gasteiger partial charge in [-0.15, -0.1) is 23.7 Å². The van der Waals surface area contributed by atoms with Crippen LogP contribution in [0.5, 0.6) is 0 Å². The molecule has 2 saturated carbocycles. The lowest BCUT2D eigenvalue weighted by Crippen LogP contribution is -2.55. The van der Waals surface area contributed by atoms with Crippen molar-refractivity contribution in [3.05, 3.63) is 21.4 Å². The van der Waals surface area contributed by atoms with E-state index in [-0.39, 0.29) is 42.8 Å². The molecule has 1 aromatic rings. The number of carbonyl (C=O) groups is 2. The molecule has 2 bridgehead atoms. The van der Waals surface area contributed by atoms with Crippen molar-refractivity contribution < 1.29 is 9.59 Å². The fourth-order valence-corrected chi connectivity index (χ4v) is 6.28. The summed E-state index contributed by atoms with van der Waals surface area (Å²) in [6.07, 6.45) is 10.2. The third-order valence-corrected chi connectivity index (χ3v) is 7.57. The molecule has 0 saturated heterocycles. The average molecular weight is 412 g/mol. The molecular weight excluding hydrogens is 382 g/mol. The van der Waals surface area contributed by atoms with E-state index in [1.807, 2.05) is 6.07 Å². The molecule has 1 heterocycles. The number of amides is 2. The second kappa shape index (κ2) is 8.93. The van der Waals surface area contributed by atoms with Gasteiger partial charge in [0.25, 0.3) is 5.91 Å². The van der Waals surface area contributed by atoms with Crippen LogP contribution in [0.4, 0.5) is 0 Å². The first-order valence-electron chi connectivity index (χ1n) is 10.0. The zero-order chi connectivity index (χ0) is 18.1. The Hall–Kier alpha value is -1.11. The molecule has 7 heteroatoms. The van der Waals surface area contributed by atoms with E-state index in [2.05, 4.69) is 10.6 Å². The quantitative estimate of drug-likeness (QED) is 0.712. The van der Waals surface area contributed by atoms with Gasteiger partial charge in [-0.25, -0.2) is 0 Å². The van der Waals surface area contributed by atoms with Crippen molar-refractivity contribution in [3.63, 3.8) is 0 Å². The number of halogens is 1. The maximum Gasteiger partial charge on any atom is 0.261 e. The highest BCUT2D eigenvalue weighted by atomic mass is 35.5. The molecule has 4 N–H and O–H groups in total. The van der Waals surface area contributed by atoms with Crippen LogP contribution in [0.3, 0.4) is 0 Å². The standard InChI is InChI=1S/C20H29N3O2S.ClH/c21-15-8-13-5-3-6-14(9-15)19(13)23-18(24)11-22-20(25)17-10-12-4-1-2-7-16(12)26-17;/h10,13-15,19H,1-9,11,21H2,(H,22,25)(H,23,24);1H. The summed E-state index contributed by atoms with van der Waals surface area (Å²) < 4.78 is 0. The maximum atomic E-state index is 12.4. The van der Waals surface area contributed by atoms with Gasteiger partial charge in [-0.1, -0.05) is 6.42 Å². The van der Waals surface area contributed by atoms with Crippen molar-refractivity contribution in [2.45, 2.75) is 69.9 Å². The van der Waals surface area contributed by atoms with Crippen molar-refractivity contribution in [2.24, 2.45) is 17.6 Å². The van der Waals surface area contributed by atoms with Crippen LogP contribution in [-0.2, 0) is 17.6 Å². The predicted molar refractivity (Wildman–Crippen MR) is 111 cm³/mol. The third-order valence-electron chi connectivity index (χ3n) is 6.33. The van der Waals surface area contributed by atoms with Gasteiger partial charge in [-0.2, -0.15) is 0 Å². The minimum Gasteiger partial charge on any atom is -0.351 e. The van der Waals surface area contributed by atoms with Gasteiger partial charge in [0.2, 0.25) is 5.91 Å². The topological polar surface area (TPSA) is 84.2 Å². The summed E-state index contributed by atoms with van der Waals surface area (Å²) >= 11 is 1.59. The lowest BCUT2D eigenvalue weighted by molar-refractivity contribution is -0.122. The first kappa shape index (κ1) is 20.6. The normalized spacial score (nSPS) is 29.2. The van der Waals surface area contributed by atoms with Crippen LogP contribution >= 0.6 is 23.7 Å². The summed E-state index contributed by atoms with van der Waals surface area (Å²) in [4.78, 5) is 26.9. The number of hydrogen-bond donors (Lipinski definition) is 3. The summed E-state index contributed by atoms with van der Waals surface area (Å²) in [5, 5.41) is 6.00. The minimum atomic E-state index is -0.120. The van der Waals surface area contributed by atoms with E-state index in [4.69, 9.17) is 5.73 Å². The van der Waals surface area contributed by atoms with Gasteiger partial charge in [0.05, 0.1) is 11.4 Å². The molecule has 4 rings (SSSR count). The summed E-state index contributed by atoms with van der Waals surface area (Å²) in [6, 6.07) is 2.53. The number of hydrogen-bond acceptors (Lipinski definition) is 4.